The Morgan fingerprint density at radius 2 is 1.96 bits per heavy atom. The molecule has 0 aliphatic heterocycles. The molecular formula is C20H17N5O3. The summed E-state index contributed by atoms with van der Waals surface area (Å²) in [5.41, 5.74) is 9.84. The highest BCUT2D eigenvalue weighted by atomic mass is 16.4. The molecule has 0 radical (unpaired) electrons. The number of anilines is 1. The van der Waals surface area contributed by atoms with E-state index in [2.05, 4.69) is 20.3 Å². The summed E-state index contributed by atoms with van der Waals surface area (Å²) in [4.78, 5) is 24.8. The Kier molecular flexibility index (Phi) is 4.69. The number of aliphatic hydroxyl groups excluding tert-OH is 1. The minimum Gasteiger partial charge on any atom is -0.418 e. The van der Waals surface area contributed by atoms with E-state index in [0.717, 1.165) is 11.1 Å². The van der Waals surface area contributed by atoms with E-state index in [4.69, 9.17) is 15.3 Å². The number of aliphatic hydroxyl groups is 1. The van der Waals surface area contributed by atoms with Crippen molar-refractivity contribution in [2.75, 3.05) is 18.9 Å². The average molecular weight is 375 g/mol. The normalized spacial score (nSPS) is 10.9. The van der Waals surface area contributed by atoms with Crippen LogP contribution in [-0.4, -0.2) is 39.1 Å². The lowest BCUT2D eigenvalue weighted by molar-refractivity contribution is 0.0945. The fraction of sp³-hybridized carbons (Fsp3) is 0.100. The first-order valence-corrected chi connectivity index (χ1v) is 8.62. The average Bonchev–Trinajstić information content (AvgIpc) is 3.16. The summed E-state index contributed by atoms with van der Waals surface area (Å²) < 4.78 is 5.70. The first-order valence-electron chi connectivity index (χ1n) is 8.62. The maximum Gasteiger partial charge on any atom is 0.251 e. The van der Waals surface area contributed by atoms with Crippen molar-refractivity contribution < 1.29 is 14.3 Å². The van der Waals surface area contributed by atoms with Gasteiger partial charge in [-0.2, -0.15) is 0 Å². The van der Waals surface area contributed by atoms with Gasteiger partial charge in [0.25, 0.3) is 5.91 Å². The molecular weight excluding hydrogens is 358 g/mol. The molecule has 4 aromatic rings. The highest BCUT2D eigenvalue weighted by molar-refractivity contribution is 5.94. The highest BCUT2D eigenvalue weighted by Gasteiger charge is 2.14. The van der Waals surface area contributed by atoms with Crippen LogP contribution in [0.15, 0.2) is 59.3 Å². The lowest BCUT2D eigenvalue weighted by atomic mass is 10.0. The Labute approximate surface area is 160 Å². The van der Waals surface area contributed by atoms with E-state index in [1.165, 1.54) is 0 Å². The summed E-state index contributed by atoms with van der Waals surface area (Å²) in [6, 6.07) is 12.5. The Bertz CT molecular complexity index is 1110. The molecule has 4 N–H and O–H groups in total. The van der Waals surface area contributed by atoms with Crippen molar-refractivity contribution in [3.63, 3.8) is 0 Å². The maximum atomic E-state index is 11.9. The zero-order valence-corrected chi connectivity index (χ0v) is 14.8. The number of oxazole rings is 1. The Hall–Kier alpha value is -3.78. The molecule has 0 fully saturated rings. The van der Waals surface area contributed by atoms with Crippen LogP contribution < -0.4 is 11.1 Å². The smallest absolute Gasteiger partial charge is 0.251 e. The second-order valence-electron chi connectivity index (χ2n) is 6.06. The number of nitrogens with one attached hydrogen (secondary N) is 1. The molecule has 8 nitrogen and oxygen atoms in total. The topological polar surface area (TPSA) is 127 Å². The zero-order chi connectivity index (χ0) is 19.5. The lowest BCUT2D eigenvalue weighted by Gasteiger charge is -2.07. The van der Waals surface area contributed by atoms with Gasteiger partial charge < -0.3 is 20.6 Å². The molecule has 4 rings (SSSR count). The lowest BCUT2D eigenvalue weighted by Crippen LogP contribution is -2.26. The minimum absolute atomic E-state index is 0.102. The van der Waals surface area contributed by atoms with Gasteiger partial charge in [-0.1, -0.05) is 12.1 Å². The largest absolute Gasteiger partial charge is 0.418 e. The molecule has 0 atom stereocenters. The summed E-state index contributed by atoms with van der Waals surface area (Å²) in [5.74, 6) is 0.409. The molecule has 0 bridgehead atoms. The number of nitrogens with zero attached hydrogens (tertiary/aromatic N) is 3. The van der Waals surface area contributed by atoms with Crippen LogP contribution in [0.5, 0.6) is 0 Å². The third kappa shape index (κ3) is 3.40. The molecule has 1 aromatic carbocycles. The quantitative estimate of drug-likeness (QED) is 0.488. The van der Waals surface area contributed by atoms with E-state index < -0.39 is 0 Å². The fourth-order valence-corrected chi connectivity index (χ4v) is 2.78. The number of nitrogens with two attached hydrogens (primary N) is 1. The molecule has 8 heteroatoms. The monoisotopic (exact) mass is 375 g/mol. The second kappa shape index (κ2) is 7.45. The number of aromatic nitrogens is 3. The predicted molar refractivity (Wildman–Crippen MR) is 104 cm³/mol. The number of hydrogen-bond donors (Lipinski definition) is 3. The predicted octanol–water partition coefficient (Wildman–Crippen LogP) is 2.26. The van der Waals surface area contributed by atoms with Crippen molar-refractivity contribution in [2.24, 2.45) is 0 Å². The summed E-state index contributed by atoms with van der Waals surface area (Å²) in [7, 11) is 0. The van der Waals surface area contributed by atoms with Crippen LogP contribution in [0.25, 0.3) is 33.8 Å². The van der Waals surface area contributed by atoms with Crippen molar-refractivity contribution in [1.82, 2.24) is 20.3 Å². The van der Waals surface area contributed by atoms with Crippen LogP contribution in [0.4, 0.5) is 5.82 Å². The molecule has 140 valence electrons. The van der Waals surface area contributed by atoms with Crippen LogP contribution in [0.3, 0.4) is 0 Å². The van der Waals surface area contributed by atoms with E-state index in [9.17, 15) is 4.79 Å². The SMILES string of the molecule is Nc1ncc(-c2ccc(C(=O)NCCO)cc2)cc1-c1nc2cccnc2o1. The number of amides is 1. The molecule has 0 aliphatic rings. The van der Waals surface area contributed by atoms with Crippen LogP contribution in [-0.2, 0) is 0 Å². The van der Waals surface area contributed by atoms with Gasteiger partial charge in [-0.25, -0.2) is 15.0 Å². The van der Waals surface area contributed by atoms with Gasteiger partial charge in [0, 0.05) is 30.1 Å². The summed E-state index contributed by atoms with van der Waals surface area (Å²) in [6.07, 6.45) is 3.29. The van der Waals surface area contributed by atoms with Crippen LogP contribution in [0.1, 0.15) is 10.4 Å². The Balaban J connectivity index is 1.66. The first-order chi connectivity index (χ1) is 13.7. The van der Waals surface area contributed by atoms with E-state index in [1.54, 1.807) is 30.6 Å². The van der Waals surface area contributed by atoms with E-state index in [-0.39, 0.29) is 19.1 Å². The van der Waals surface area contributed by atoms with E-state index in [1.807, 2.05) is 24.3 Å². The zero-order valence-electron chi connectivity index (χ0n) is 14.8. The molecule has 0 unspecified atom stereocenters. The number of benzene rings is 1. The number of carbonyl (C=O) groups is 1. The van der Waals surface area contributed by atoms with Crippen molar-refractivity contribution in [3.8, 4) is 22.6 Å². The molecule has 28 heavy (non-hydrogen) atoms. The van der Waals surface area contributed by atoms with E-state index in [0.29, 0.717) is 34.1 Å². The van der Waals surface area contributed by atoms with Gasteiger partial charge in [-0.15, -0.1) is 0 Å². The molecule has 3 aromatic heterocycles. The van der Waals surface area contributed by atoms with Gasteiger partial charge in [0.2, 0.25) is 11.6 Å². The van der Waals surface area contributed by atoms with Crippen molar-refractivity contribution >= 4 is 23.0 Å². The number of nitrogen functional groups attached to an aromatic ring is 1. The molecule has 0 aliphatic carbocycles. The Morgan fingerprint density at radius 1 is 1.14 bits per heavy atom. The van der Waals surface area contributed by atoms with Gasteiger partial charge >= 0.3 is 0 Å². The number of pyridine rings is 2. The van der Waals surface area contributed by atoms with Crippen LogP contribution in [0, 0.1) is 0 Å². The van der Waals surface area contributed by atoms with Crippen molar-refractivity contribution in [1.29, 1.82) is 0 Å². The van der Waals surface area contributed by atoms with Gasteiger partial charge in [0.1, 0.15) is 11.3 Å². The third-order valence-corrected chi connectivity index (χ3v) is 4.19. The fourth-order valence-electron chi connectivity index (χ4n) is 2.78. The Morgan fingerprint density at radius 3 is 2.71 bits per heavy atom. The maximum absolute atomic E-state index is 11.9. The standard InChI is InChI=1S/C20H17N5O3/c21-17-15(19-25-16-2-1-7-23-20(16)28-19)10-14(11-24-17)12-3-5-13(6-4-12)18(27)22-8-9-26/h1-7,10-11,26H,8-9H2,(H2,21,24)(H,22,27). The van der Waals surface area contributed by atoms with Gasteiger partial charge in [-0.05, 0) is 35.9 Å². The molecule has 0 saturated carbocycles. The van der Waals surface area contributed by atoms with Crippen LogP contribution >= 0.6 is 0 Å². The number of carbonyl (C=O) groups excluding carboxylic acids is 1. The molecule has 1 amide bonds. The highest BCUT2D eigenvalue weighted by Crippen LogP contribution is 2.30. The van der Waals surface area contributed by atoms with Gasteiger partial charge in [0.15, 0.2) is 0 Å². The van der Waals surface area contributed by atoms with Gasteiger partial charge in [0.05, 0.1) is 12.2 Å². The molecule has 3 heterocycles. The summed E-state index contributed by atoms with van der Waals surface area (Å²) in [6.45, 7) is 0.111. The minimum atomic E-state index is -0.240. The summed E-state index contributed by atoms with van der Waals surface area (Å²) in [5, 5.41) is 11.4. The van der Waals surface area contributed by atoms with Crippen molar-refractivity contribution in [2.45, 2.75) is 0 Å². The number of hydrogen-bond acceptors (Lipinski definition) is 7. The van der Waals surface area contributed by atoms with Gasteiger partial charge in [-0.3, -0.25) is 4.79 Å². The van der Waals surface area contributed by atoms with E-state index >= 15 is 0 Å². The first kappa shape index (κ1) is 17.6. The van der Waals surface area contributed by atoms with Crippen molar-refractivity contribution in [3.05, 3.63) is 60.4 Å². The second-order valence-corrected chi connectivity index (χ2v) is 6.06. The molecule has 0 spiro atoms. The van der Waals surface area contributed by atoms with Crippen LogP contribution in [0.2, 0.25) is 0 Å². The summed E-state index contributed by atoms with van der Waals surface area (Å²) >= 11 is 0. The number of rotatable bonds is 5. The molecule has 0 saturated heterocycles. The third-order valence-electron chi connectivity index (χ3n) is 4.19. The number of fused-ring (bicyclic) bond motifs is 1.